The first-order valence-electron chi connectivity index (χ1n) is 4.51. The summed E-state index contributed by atoms with van der Waals surface area (Å²) in [5.74, 6) is -3.89. The molecule has 0 radical (unpaired) electrons. The summed E-state index contributed by atoms with van der Waals surface area (Å²) in [4.78, 5) is 45.3. The molecule has 5 heteroatoms. The zero-order valence-corrected chi connectivity index (χ0v) is 7.41. The predicted molar refractivity (Wildman–Crippen MR) is 44.0 cm³/mol. The number of carbonyl (C=O) groups excluding carboxylic acids is 4. The first kappa shape index (κ1) is 9.05. The van der Waals surface area contributed by atoms with Gasteiger partial charge >= 0.3 is 0 Å². The largest absolute Gasteiger partial charge is 0.299 e. The SMILES string of the molecule is O=C1CCCC(=O)C2C(=O)NC(=O)C12. The van der Waals surface area contributed by atoms with Gasteiger partial charge < -0.3 is 0 Å². The Labute approximate surface area is 79.8 Å². The van der Waals surface area contributed by atoms with E-state index in [2.05, 4.69) is 0 Å². The molecule has 2 aliphatic rings. The molecule has 0 spiro atoms. The van der Waals surface area contributed by atoms with Crippen molar-refractivity contribution in [1.29, 1.82) is 0 Å². The van der Waals surface area contributed by atoms with Gasteiger partial charge in [-0.15, -0.1) is 0 Å². The maximum atomic E-state index is 11.4. The van der Waals surface area contributed by atoms with E-state index in [0.717, 1.165) is 0 Å². The van der Waals surface area contributed by atoms with Crippen molar-refractivity contribution >= 4 is 23.4 Å². The van der Waals surface area contributed by atoms with Gasteiger partial charge in [0.25, 0.3) is 0 Å². The zero-order valence-electron chi connectivity index (χ0n) is 7.41. The van der Waals surface area contributed by atoms with Crippen LogP contribution in [0.25, 0.3) is 0 Å². The molecule has 0 aromatic carbocycles. The third-order valence-electron chi connectivity index (χ3n) is 2.68. The molecule has 1 saturated heterocycles. The minimum absolute atomic E-state index is 0.216. The summed E-state index contributed by atoms with van der Waals surface area (Å²) in [5, 5.41) is 2.03. The smallest absolute Gasteiger partial charge is 0.238 e. The van der Waals surface area contributed by atoms with E-state index in [1.165, 1.54) is 0 Å². The van der Waals surface area contributed by atoms with Crippen LogP contribution in [0.2, 0.25) is 0 Å². The second kappa shape index (κ2) is 3.01. The van der Waals surface area contributed by atoms with Gasteiger partial charge in [0.1, 0.15) is 23.4 Å². The standard InChI is InChI=1S/C9H9NO4/c11-4-2-1-3-5(12)7-6(4)8(13)10-9(7)14/h6-7H,1-3H2,(H,10,13,14). The van der Waals surface area contributed by atoms with Crippen molar-refractivity contribution in [2.24, 2.45) is 11.8 Å². The lowest BCUT2D eigenvalue weighted by molar-refractivity contribution is -0.137. The van der Waals surface area contributed by atoms with Gasteiger partial charge in [0.2, 0.25) is 11.8 Å². The van der Waals surface area contributed by atoms with Crippen LogP contribution < -0.4 is 5.32 Å². The van der Waals surface area contributed by atoms with E-state index in [0.29, 0.717) is 6.42 Å². The average molecular weight is 195 g/mol. The fourth-order valence-corrected chi connectivity index (χ4v) is 1.99. The lowest BCUT2D eigenvalue weighted by Crippen LogP contribution is -2.29. The molecule has 2 amide bonds. The summed E-state index contributed by atoms with van der Waals surface area (Å²) in [6.07, 6.45) is 0.881. The molecule has 2 unspecified atom stereocenters. The number of nitrogens with one attached hydrogen (secondary N) is 1. The second-order valence-corrected chi connectivity index (χ2v) is 3.60. The molecule has 0 bridgehead atoms. The molecular formula is C9H9NO4. The Morgan fingerprint density at radius 2 is 1.29 bits per heavy atom. The number of amides is 2. The highest BCUT2D eigenvalue weighted by Gasteiger charge is 2.50. The van der Waals surface area contributed by atoms with Crippen LogP contribution in [0, 0.1) is 11.8 Å². The Morgan fingerprint density at radius 1 is 0.857 bits per heavy atom. The molecule has 2 rings (SSSR count). The molecule has 1 saturated carbocycles. The summed E-state index contributed by atoms with van der Waals surface area (Å²) in [6, 6.07) is 0. The van der Waals surface area contributed by atoms with E-state index in [9.17, 15) is 19.2 Å². The molecule has 2 atom stereocenters. The molecule has 0 aromatic rings. The van der Waals surface area contributed by atoms with E-state index in [1.54, 1.807) is 0 Å². The summed E-state index contributed by atoms with van der Waals surface area (Å²) in [5.41, 5.74) is 0. The Morgan fingerprint density at radius 3 is 1.71 bits per heavy atom. The first-order chi connectivity index (χ1) is 6.61. The molecule has 1 heterocycles. The summed E-state index contributed by atoms with van der Waals surface area (Å²) in [6.45, 7) is 0. The average Bonchev–Trinajstić information content (AvgIpc) is 2.30. The van der Waals surface area contributed by atoms with E-state index in [4.69, 9.17) is 0 Å². The maximum absolute atomic E-state index is 11.4. The predicted octanol–water partition coefficient (Wildman–Crippen LogP) is -0.803. The fraction of sp³-hybridized carbons (Fsp3) is 0.556. The minimum Gasteiger partial charge on any atom is -0.299 e. The molecule has 5 nitrogen and oxygen atoms in total. The summed E-state index contributed by atoms with van der Waals surface area (Å²) < 4.78 is 0. The first-order valence-corrected chi connectivity index (χ1v) is 4.51. The fourth-order valence-electron chi connectivity index (χ4n) is 1.99. The van der Waals surface area contributed by atoms with Crippen molar-refractivity contribution in [3.8, 4) is 0 Å². The Hall–Kier alpha value is -1.52. The molecule has 74 valence electrons. The van der Waals surface area contributed by atoms with Gasteiger partial charge in [-0.25, -0.2) is 0 Å². The molecular weight excluding hydrogens is 186 g/mol. The van der Waals surface area contributed by atoms with Crippen LogP contribution in [0.4, 0.5) is 0 Å². The van der Waals surface area contributed by atoms with Gasteiger partial charge in [0.15, 0.2) is 0 Å². The van der Waals surface area contributed by atoms with Gasteiger partial charge in [0.05, 0.1) is 0 Å². The van der Waals surface area contributed by atoms with Crippen molar-refractivity contribution in [3.05, 3.63) is 0 Å². The van der Waals surface area contributed by atoms with E-state index >= 15 is 0 Å². The van der Waals surface area contributed by atoms with Crippen molar-refractivity contribution in [3.63, 3.8) is 0 Å². The molecule has 1 aliphatic carbocycles. The lowest BCUT2D eigenvalue weighted by atomic mass is 9.89. The number of hydrogen-bond acceptors (Lipinski definition) is 4. The highest BCUT2D eigenvalue weighted by atomic mass is 16.2. The van der Waals surface area contributed by atoms with E-state index < -0.39 is 23.7 Å². The number of ketones is 2. The van der Waals surface area contributed by atoms with E-state index in [1.807, 2.05) is 5.32 Å². The monoisotopic (exact) mass is 195 g/mol. The summed E-state index contributed by atoms with van der Waals surface area (Å²) >= 11 is 0. The molecule has 1 aliphatic heterocycles. The molecule has 1 N–H and O–H groups in total. The highest BCUT2D eigenvalue weighted by molar-refractivity contribution is 6.23. The highest BCUT2D eigenvalue weighted by Crippen LogP contribution is 2.28. The van der Waals surface area contributed by atoms with Gasteiger partial charge in [-0.3, -0.25) is 24.5 Å². The zero-order chi connectivity index (χ0) is 10.3. The van der Waals surface area contributed by atoms with E-state index in [-0.39, 0.29) is 24.4 Å². The van der Waals surface area contributed by atoms with Crippen LogP contribution >= 0.6 is 0 Å². The Kier molecular flexibility index (Phi) is 1.94. The van der Waals surface area contributed by atoms with Crippen LogP contribution in [0.1, 0.15) is 19.3 Å². The van der Waals surface area contributed by atoms with Crippen LogP contribution in [0.5, 0.6) is 0 Å². The van der Waals surface area contributed by atoms with Crippen LogP contribution in [0.15, 0.2) is 0 Å². The number of imide groups is 1. The summed E-state index contributed by atoms with van der Waals surface area (Å²) in [7, 11) is 0. The van der Waals surface area contributed by atoms with Crippen LogP contribution in [0.3, 0.4) is 0 Å². The van der Waals surface area contributed by atoms with Gasteiger partial charge in [-0.1, -0.05) is 0 Å². The minimum atomic E-state index is -1.04. The second-order valence-electron chi connectivity index (χ2n) is 3.60. The van der Waals surface area contributed by atoms with Crippen molar-refractivity contribution in [2.75, 3.05) is 0 Å². The normalized spacial score (nSPS) is 32.6. The van der Waals surface area contributed by atoms with Crippen molar-refractivity contribution in [1.82, 2.24) is 5.32 Å². The van der Waals surface area contributed by atoms with Gasteiger partial charge in [-0.05, 0) is 6.42 Å². The van der Waals surface area contributed by atoms with Crippen molar-refractivity contribution < 1.29 is 19.2 Å². The lowest BCUT2D eigenvalue weighted by Gasteiger charge is -2.07. The molecule has 14 heavy (non-hydrogen) atoms. The number of Topliss-reactive ketones (excluding diaryl/α,β-unsaturated/α-hetero) is 2. The van der Waals surface area contributed by atoms with Crippen molar-refractivity contribution in [2.45, 2.75) is 19.3 Å². The van der Waals surface area contributed by atoms with Crippen LogP contribution in [-0.4, -0.2) is 23.4 Å². The number of carbonyl (C=O) groups is 4. The topological polar surface area (TPSA) is 80.3 Å². The molecule has 0 aromatic heterocycles. The van der Waals surface area contributed by atoms with Gasteiger partial charge in [-0.2, -0.15) is 0 Å². The number of rotatable bonds is 0. The number of hydrogen-bond donors (Lipinski definition) is 1. The quantitative estimate of drug-likeness (QED) is 0.405. The molecule has 2 fully saturated rings. The van der Waals surface area contributed by atoms with Crippen LogP contribution in [-0.2, 0) is 19.2 Å². The third-order valence-corrected chi connectivity index (χ3v) is 2.68. The van der Waals surface area contributed by atoms with Gasteiger partial charge in [0, 0.05) is 12.8 Å². The Bertz CT molecular complexity index is 315. The maximum Gasteiger partial charge on any atom is 0.238 e. The Balaban J connectivity index is 2.40. The number of fused-ring (bicyclic) bond motifs is 1. The third kappa shape index (κ3) is 1.16.